The Morgan fingerprint density at radius 3 is 2.70 bits per heavy atom. The van der Waals surface area contributed by atoms with E-state index in [1.54, 1.807) is 0 Å². The summed E-state index contributed by atoms with van der Waals surface area (Å²) >= 11 is 0. The molecule has 3 aromatic rings. The lowest BCUT2D eigenvalue weighted by atomic mass is 10.0. The van der Waals surface area contributed by atoms with Crippen molar-refractivity contribution in [2.45, 2.75) is 39.5 Å². The Kier molecular flexibility index (Phi) is 4.67. The van der Waals surface area contributed by atoms with Crippen LogP contribution in [0.25, 0.3) is 16.9 Å². The molecule has 0 saturated carbocycles. The van der Waals surface area contributed by atoms with Crippen LogP contribution in [0.4, 0.5) is 0 Å². The number of nitrogens with two attached hydrogens (primary N) is 1. The van der Waals surface area contributed by atoms with Crippen molar-refractivity contribution in [3.05, 3.63) is 47.3 Å². The number of hydrogen-bond donors (Lipinski definition) is 1. The second kappa shape index (κ2) is 6.87. The van der Waals surface area contributed by atoms with Crippen LogP contribution in [0.3, 0.4) is 0 Å². The average Bonchev–Trinajstić information content (AvgIpc) is 2.96. The van der Waals surface area contributed by atoms with Gasteiger partial charge in [-0.15, -0.1) is 10.2 Å². The SMILES string of the molecule is Cc1ccc(C)c(-c2ccc3nnc(CCCCCN)n3n2)c1. The number of unbranched alkanes of at least 4 members (excludes halogenated alkanes) is 2. The lowest BCUT2D eigenvalue weighted by molar-refractivity contribution is 0.656. The first kappa shape index (κ1) is 15.6. The summed E-state index contributed by atoms with van der Waals surface area (Å²) in [5.41, 5.74) is 10.9. The van der Waals surface area contributed by atoms with E-state index in [0.717, 1.165) is 55.0 Å². The fourth-order valence-electron chi connectivity index (χ4n) is 2.75. The standard InChI is InChI=1S/C18H23N5/c1-13-7-8-14(2)15(12-13)16-9-10-18-21-20-17(23(18)22-16)6-4-3-5-11-19/h7-10,12H,3-6,11,19H2,1-2H3. The monoisotopic (exact) mass is 309 g/mol. The van der Waals surface area contributed by atoms with Gasteiger partial charge in [0.25, 0.3) is 0 Å². The Hall–Kier alpha value is -2.27. The average molecular weight is 309 g/mol. The van der Waals surface area contributed by atoms with E-state index in [0.29, 0.717) is 0 Å². The molecule has 3 rings (SSSR count). The number of nitrogens with zero attached hydrogens (tertiary/aromatic N) is 4. The molecule has 0 atom stereocenters. The summed E-state index contributed by atoms with van der Waals surface area (Å²) in [4.78, 5) is 0. The Labute approximate surface area is 136 Å². The highest BCUT2D eigenvalue weighted by molar-refractivity contribution is 5.65. The molecule has 2 heterocycles. The van der Waals surface area contributed by atoms with E-state index < -0.39 is 0 Å². The van der Waals surface area contributed by atoms with Crippen molar-refractivity contribution < 1.29 is 0 Å². The summed E-state index contributed by atoms with van der Waals surface area (Å²) in [7, 11) is 0. The summed E-state index contributed by atoms with van der Waals surface area (Å²) in [6.07, 6.45) is 4.11. The first-order chi connectivity index (χ1) is 11.2. The maximum Gasteiger partial charge on any atom is 0.177 e. The maximum absolute atomic E-state index is 5.54. The maximum atomic E-state index is 5.54. The fraction of sp³-hybridized carbons (Fsp3) is 0.389. The van der Waals surface area contributed by atoms with Crippen LogP contribution in [0.5, 0.6) is 0 Å². The zero-order valence-electron chi connectivity index (χ0n) is 13.8. The van der Waals surface area contributed by atoms with E-state index >= 15 is 0 Å². The fourth-order valence-corrected chi connectivity index (χ4v) is 2.75. The van der Waals surface area contributed by atoms with Gasteiger partial charge < -0.3 is 5.73 Å². The lowest BCUT2D eigenvalue weighted by Crippen LogP contribution is -2.02. The van der Waals surface area contributed by atoms with Crippen molar-refractivity contribution in [3.8, 4) is 11.3 Å². The highest BCUT2D eigenvalue weighted by Crippen LogP contribution is 2.23. The van der Waals surface area contributed by atoms with Crippen molar-refractivity contribution in [1.82, 2.24) is 19.8 Å². The molecule has 2 N–H and O–H groups in total. The van der Waals surface area contributed by atoms with Crippen molar-refractivity contribution in [2.24, 2.45) is 5.73 Å². The Bertz CT molecular complexity index is 806. The van der Waals surface area contributed by atoms with Gasteiger partial charge in [0.15, 0.2) is 11.5 Å². The van der Waals surface area contributed by atoms with Gasteiger partial charge in [0, 0.05) is 12.0 Å². The highest BCUT2D eigenvalue weighted by atomic mass is 15.4. The van der Waals surface area contributed by atoms with Gasteiger partial charge in [-0.2, -0.15) is 9.61 Å². The number of benzene rings is 1. The van der Waals surface area contributed by atoms with E-state index in [1.165, 1.54) is 11.1 Å². The molecule has 0 fully saturated rings. The molecule has 0 radical (unpaired) electrons. The second-order valence-corrected chi connectivity index (χ2v) is 6.02. The molecule has 0 spiro atoms. The van der Waals surface area contributed by atoms with E-state index in [9.17, 15) is 0 Å². The molecule has 0 aliphatic carbocycles. The molecule has 0 aliphatic heterocycles. The second-order valence-electron chi connectivity index (χ2n) is 6.02. The van der Waals surface area contributed by atoms with Crippen LogP contribution in [0, 0.1) is 13.8 Å². The van der Waals surface area contributed by atoms with Gasteiger partial charge in [0.1, 0.15) is 0 Å². The molecule has 120 valence electrons. The van der Waals surface area contributed by atoms with Gasteiger partial charge in [0.2, 0.25) is 0 Å². The first-order valence-electron chi connectivity index (χ1n) is 8.18. The summed E-state index contributed by atoms with van der Waals surface area (Å²) < 4.78 is 1.87. The molecule has 5 heteroatoms. The van der Waals surface area contributed by atoms with Gasteiger partial charge >= 0.3 is 0 Å². The van der Waals surface area contributed by atoms with Crippen LogP contribution < -0.4 is 5.73 Å². The van der Waals surface area contributed by atoms with E-state index in [-0.39, 0.29) is 0 Å². The predicted molar refractivity (Wildman–Crippen MR) is 92.3 cm³/mol. The van der Waals surface area contributed by atoms with Gasteiger partial charge in [-0.05, 0) is 57.0 Å². The van der Waals surface area contributed by atoms with Crippen LogP contribution in [0.2, 0.25) is 0 Å². The molecule has 0 bridgehead atoms. The van der Waals surface area contributed by atoms with Crippen LogP contribution >= 0.6 is 0 Å². The molecule has 0 unspecified atom stereocenters. The summed E-state index contributed by atoms with van der Waals surface area (Å²) in [5, 5.41) is 13.3. The van der Waals surface area contributed by atoms with Gasteiger partial charge in [-0.3, -0.25) is 0 Å². The van der Waals surface area contributed by atoms with Crippen molar-refractivity contribution in [2.75, 3.05) is 6.54 Å². The minimum absolute atomic E-state index is 0.746. The summed E-state index contributed by atoms with van der Waals surface area (Å²) in [6.45, 7) is 4.96. The van der Waals surface area contributed by atoms with Crippen LogP contribution in [0.15, 0.2) is 30.3 Å². The minimum atomic E-state index is 0.746. The molecule has 0 saturated heterocycles. The third kappa shape index (κ3) is 3.40. The van der Waals surface area contributed by atoms with Gasteiger partial charge in [0.05, 0.1) is 5.69 Å². The zero-order chi connectivity index (χ0) is 16.2. The normalized spacial score (nSPS) is 11.3. The number of rotatable bonds is 6. The summed E-state index contributed by atoms with van der Waals surface area (Å²) in [5.74, 6) is 0.921. The van der Waals surface area contributed by atoms with Crippen molar-refractivity contribution >= 4 is 5.65 Å². The quantitative estimate of drug-likeness (QED) is 0.710. The topological polar surface area (TPSA) is 69.1 Å². The third-order valence-electron chi connectivity index (χ3n) is 4.10. The molecule has 0 aliphatic rings. The highest BCUT2D eigenvalue weighted by Gasteiger charge is 2.10. The Balaban J connectivity index is 1.92. The molecule has 1 aromatic carbocycles. The van der Waals surface area contributed by atoms with Gasteiger partial charge in [-0.1, -0.05) is 24.1 Å². The third-order valence-corrected chi connectivity index (χ3v) is 4.10. The van der Waals surface area contributed by atoms with Gasteiger partial charge in [-0.25, -0.2) is 0 Å². The minimum Gasteiger partial charge on any atom is -0.330 e. The zero-order valence-corrected chi connectivity index (χ0v) is 13.8. The van der Waals surface area contributed by atoms with E-state index in [4.69, 9.17) is 10.8 Å². The Morgan fingerprint density at radius 2 is 1.87 bits per heavy atom. The largest absolute Gasteiger partial charge is 0.330 e. The number of fused-ring (bicyclic) bond motifs is 1. The van der Waals surface area contributed by atoms with Crippen molar-refractivity contribution in [3.63, 3.8) is 0 Å². The molecule has 2 aromatic heterocycles. The van der Waals surface area contributed by atoms with Crippen LogP contribution in [0.1, 0.15) is 36.2 Å². The smallest absolute Gasteiger partial charge is 0.177 e. The van der Waals surface area contributed by atoms with Crippen molar-refractivity contribution in [1.29, 1.82) is 0 Å². The predicted octanol–water partition coefficient (Wildman–Crippen LogP) is 3.08. The number of hydrogen-bond acceptors (Lipinski definition) is 4. The van der Waals surface area contributed by atoms with Crippen LogP contribution in [-0.2, 0) is 6.42 Å². The van der Waals surface area contributed by atoms with Crippen LogP contribution in [-0.4, -0.2) is 26.4 Å². The molecular weight excluding hydrogens is 286 g/mol. The van der Waals surface area contributed by atoms with E-state index in [1.807, 2.05) is 16.6 Å². The molecule has 5 nitrogen and oxygen atoms in total. The van der Waals surface area contributed by atoms with E-state index in [2.05, 4.69) is 42.2 Å². The summed E-state index contributed by atoms with van der Waals surface area (Å²) in [6, 6.07) is 10.4. The molecule has 0 amide bonds. The number of aromatic nitrogens is 4. The molecular formula is C18H23N5. The lowest BCUT2D eigenvalue weighted by Gasteiger charge is -2.07. The first-order valence-corrected chi connectivity index (χ1v) is 8.18. The molecule has 23 heavy (non-hydrogen) atoms. The Morgan fingerprint density at radius 1 is 1.00 bits per heavy atom. The number of aryl methyl sites for hydroxylation is 3.